The van der Waals surface area contributed by atoms with Crippen LogP contribution in [0.25, 0.3) is 65.7 Å². The van der Waals surface area contributed by atoms with E-state index in [0.29, 0.717) is 0 Å². The van der Waals surface area contributed by atoms with Gasteiger partial charge in [0.25, 0.3) is 0 Å². The molecule has 174 valence electrons. The monoisotopic (exact) mass is 474 g/mol. The van der Waals surface area contributed by atoms with E-state index >= 15 is 0 Å². The second kappa shape index (κ2) is 8.72. The summed E-state index contributed by atoms with van der Waals surface area (Å²) in [6.45, 7) is 0. The van der Waals surface area contributed by atoms with Crippen LogP contribution < -0.4 is 0 Å². The Morgan fingerprint density at radius 3 is 1.46 bits per heavy atom. The molecule has 37 heavy (non-hydrogen) atoms. The van der Waals surface area contributed by atoms with Crippen molar-refractivity contribution < 1.29 is 4.39 Å². The Bertz CT molecular complexity index is 1870. The van der Waals surface area contributed by atoms with Crippen molar-refractivity contribution in [1.82, 2.24) is 0 Å². The first-order chi connectivity index (χ1) is 18.3. The number of benzene rings is 7. The standard InChI is InChI=1S/C36H23F/c37-30-11-7-10-29(23-30)36-33-14-5-3-12-31(33)35(32-13-4-6-15-34(32)36)26-19-16-25(17-20-26)28-21-18-24-8-1-2-9-27(24)22-28/h1-23H. The van der Waals surface area contributed by atoms with Gasteiger partial charge in [0.05, 0.1) is 0 Å². The van der Waals surface area contributed by atoms with E-state index < -0.39 is 0 Å². The molecular formula is C36H23F. The van der Waals surface area contributed by atoms with Crippen LogP contribution in [0, 0.1) is 5.82 Å². The highest BCUT2D eigenvalue weighted by molar-refractivity contribution is 6.21. The zero-order valence-electron chi connectivity index (χ0n) is 20.2. The van der Waals surface area contributed by atoms with E-state index in [0.717, 1.165) is 21.9 Å². The van der Waals surface area contributed by atoms with Crippen LogP contribution in [-0.2, 0) is 0 Å². The molecule has 0 bridgehead atoms. The van der Waals surface area contributed by atoms with E-state index in [1.807, 2.05) is 6.07 Å². The van der Waals surface area contributed by atoms with Crippen LogP contribution in [0.2, 0.25) is 0 Å². The molecule has 0 heterocycles. The van der Waals surface area contributed by atoms with E-state index in [2.05, 4.69) is 115 Å². The maximum Gasteiger partial charge on any atom is 0.123 e. The predicted octanol–water partition coefficient (Wildman–Crippen LogP) is 10.3. The number of hydrogen-bond acceptors (Lipinski definition) is 0. The lowest BCUT2D eigenvalue weighted by atomic mass is 9.85. The van der Waals surface area contributed by atoms with Gasteiger partial charge in [0.2, 0.25) is 0 Å². The largest absolute Gasteiger partial charge is 0.207 e. The van der Waals surface area contributed by atoms with Gasteiger partial charge in [-0.1, -0.05) is 121 Å². The third kappa shape index (κ3) is 3.68. The Kier molecular flexibility index (Phi) is 5.08. The molecular weight excluding hydrogens is 451 g/mol. The molecule has 0 aliphatic heterocycles. The molecule has 0 radical (unpaired) electrons. The molecule has 0 spiro atoms. The molecule has 0 fully saturated rings. The molecule has 0 saturated carbocycles. The molecule has 7 aromatic rings. The van der Waals surface area contributed by atoms with Crippen LogP contribution in [-0.4, -0.2) is 0 Å². The fourth-order valence-electron chi connectivity index (χ4n) is 5.59. The second-order valence-corrected chi connectivity index (χ2v) is 9.49. The molecule has 0 amide bonds. The zero-order valence-corrected chi connectivity index (χ0v) is 20.2. The first kappa shape index (κ1) is 21.5. The van der Waals surface area contributed by atoms with Crippen molar-refractivity contribution in [2.24, 2.45) is 0 Å². The van der Waals surface area contributed by atoms with Gasteiger partial charge in [-0.25, -0.2) is 4.39 Å². The van der Waals surface area contributed by atoms with E-state index in [4.69, 9.17) is 0 Å². The average molecular weight is 475 g/mol. The molecule has 0 aromatic heterocycles. The summed E-state index contributed by atoms with van der Waals surface area (Å²) in [7, 11) is 0. The van der Waals surface area contributed by atoms with E-state index in [1.54, 1.807) is 12.1 Å². The third-order valence-electron chi connectivity index (χ3n) is 7.30. The topological polar surface area (TPSA) is 0 Å². The molecule has 1 heteroatoms. The van der Waals surface area contributed by atoms with Crippen molar-refractivity contribution >= 4 is 32.3 Å². The molecule has 7 aromatic carbocycles. The van der Waals surface area contributed by atoms with Gasteiger partial charge in [0.15, 0.2) is 0 Å². The van der Waals surface area contributed by atoms with Gasteiger partial charge in [-0.2, -0.15) is 0 Å². The Labute approximate surface area is 215 Å². The average Bonchev–Trinajstić information content (AvgIpc) is 2.95. The Hall–Kier alpha value is -4.75. The van der Waals surface area contributed by atoms with Crippen LogP contribution in [0.3, 0.4) is 0 Å². The number of halogens is 1. The summed E-state index contributed by atoms with van der Waals surface area (Å²) in [5, 5.41) is 7.08. The van der Waals surface area contributed by atoms with Crippen molar-refractivity contribution in [3.63, 3.8) is 0 Å². The fraction of sp³-hybridized carbons (Fsp3) is 0. The smallest absolute Gasteiger partial charge is 0.123 e. The van der Waals surface area contributed by atoms with Crippen molar-refractivity contribution in [1.29, 1.82) is 0 Å². The summed E-state index contributed by atoms with van der Waals surface area (Å²) < 4.78 is 14.3. The lowest BCUT2D eigenvalue weighted by Gasteiger charge is -2.18. The van der Waals surface area contributed by atoms with Crippen LogP contribution >= 0.6 is 0 Å². The van der Waals surface area contributed by atoms with Gasteiger partial charge in [-0.05, 0) is 83.9 Å². The van der Waals surface area contributed by atoms with Crippen molar-refractivity contribution in [2.75, 3.05) is 0 Å². The van der Waals surface area contributed by atoms with Gasteiger partial charge in [0.1, 0.15) is 5.82 Å². The van der Waals surface area contributed by atoms with Crippen molar-refractivity contribution in [3.8, 4) is 33.4 Å². The van der Waals surface area contributed by atoms with Gasteiger partial charge in [-0.3, -0.25) is 0 Å². The van der Waals surface area contributed by atoms with Crippen LogP contribution in [0.5, 0.6) is 0 Å². The SMILES string of the molecule is Fc1cccc(-c2c3ccccc3c(-c3ccc(-c4ccc5ccccc5c4)cc3)c3ccccc23)c1. The summed E-state index contributed by atoms with van der Waals surface area (Å²) in [6.07, 6.45) is 0. The number of rotatable bonds is 3. The highest BCUT2D eigenvalue weighted by Crippen LogP contribution is 2.43. The van der Waals surface area contributed by atoms with E-state index in [9.17, 15) is 4.39 Å². The predicted molar refractivity (Wildman–Crippen MR) is 155 cm³/mol. The highest BCUT2D eigenvalue weighted by atomic mass is 19.1. The lowest BCUT2D eigenvalue weighted by molar-refractivity contribution is 0.628. The first-order valence-electron chi connectivity index (χ1n) is 12.6. The molecule has 7 rings (SSSR count). The van der Waals surface area contributed by atoms with Crippen LogP contribution in [0.4, 0.5) is 4.39 Å². The Morgan fingerprint density at radius 1 is 0.324 bits per heavy atom. The molecule has 0 aliphatic rings. The lowest BCUT2D eigenvalue weighted by Crippen LogP contribution is -1.91. The van der Waals surface area contributed by atoms with Gasteiger partial charge < -0.3 is 0 Å². The molecule has 0 unspecified atom stereocenters. The summed E-state index contributed by atoms with van der Waals surface area (Å²) in [5.74, 6) is -0.223. The number of fused-ring (bicyclic) bond motifs is 3. The van der Waals surface area contributed by atoms with Crippen molar-refractivity contribution in [3.05, 3.63) is 145 Å². The minimum absolute atomic E-state index is 0.223. The van der Waals surface area contributed by atoms with Gasteiger partial charge >= 0.3 is 0 Å². The maximum absolute atomic E-state index is 14.3. The number of hydrogen-bond donors (Lipinski definition) is 0. The first-order valence-corrected chi connectivity index (χ1v) is 12.6. The third-order valence-corrected chi connectivity index (χ3v) is 7.30. The molecule has 0 N–H and O–H groups in total. The molecule has 0 saturated heterocycles. The molecule has 0 nitrogen and oxygen atoms in total. The van der Waals surface area contributed by atoms with Crippen LogP contribution in [0.15, 0.2) is 140 Å². The molecule has 0 atom stereocenters. The van der Waals surface area contributed by atoms with E-state index in [-0.39, 0.29) is 5.82 Å². The van der Waals surface area contributed by atoms with E-state index in [1.165, 1.54) is 49.9 Å². The van der Waals surface area contributed by atoms with Gasteiger partial charge in [0, 0.05) is 0 Å². The summed E-state index contributed by atoms with van der Waals surface area (Å²) >= 11 is 0. The minimum Gasteiger partial charge on any atom is -0.207 e. The summed E-state index contributed by atoms with van der Waals surface area (Å²) in [6, 6.07) is 47.8. The Balaban J connectivity index is 1.44. The Morgan fingerprint density at radius 2 is 0.838 bits per heavy atom. The van der Waals surface area contributed by atoms with Gasteiger partial charge in [-0.15, -0.1) is 0 Å². The molecule has 0 aliphatic carbocycles. The second-order valence-electron chi connectivity index (χ2n) is 9.49. The minimum atomic E-state index is -0.223. The summed E-state index contributed by atoms with van der Waals surface area (Å²) in [5.41, 5.74) is 6.74. The summed E-state index contributed by atoms with van der Waals surface area (Å²) in [4.78, 5) is 0. The van der Waals surface area contributed by atoms with Crippen molar-refractivity contribution in [2.45, 2.75) is 0 Å². The maximum atomic E-state index is 14.3. The fourth-order valence-corrected chi connectivity index (χ4v) is 5.59. The quantitative estimate of drug-likeness (QED) is 0.223. The zero-order chi connectivity index (χ0) is 24.8. The highest BCUT2D eigenvalue weighted by Gasteiger charge is 2.16. The van der Waals surface area contributed by atoms with Crippen LogP contribution in [0.1, 0.15) is 0 Å². The normalized spacial score (nSPS) is 11.4.